The fourth-order valence-corrected chi connectivity index (χ4v) is 5.19. The van der Waals surface area contributed by atoms with Crippen molar-refractivity contribution >= 4 is 17.2 Å². The van der Waals surface area contributed by atoms with Gasteiger partial charge >= 0.3 is 0 Å². The van der Waals surface area contributed by atoms with Gasteiger partial charge in [0.1, 0.15) is 0 Å². The minimum atomic E-state index is 0.0774. The van der Waals surface area contributed by atoms with Crippen LogP contribution in [0.2, 0.25) is 0 Å². The lowest BCUT2D eigenvalue weighted by Gasteiger charge is -2.39. The summed E-state index contributed by atoms with van der Waals surface area (Å²) in [5, 5.41) is 5.20. The number of nitrogens with one attached hydrogen (secondary N) is 1. The molecular weight excluding hydrogens is 348 g/mol. The second kappa shape index (κ2) is 6.59. The number of rotatable bonds is 4. The lowest BCUT2D eigenvalue weighted by Crippen LogP contribution is -2.49. The molecule has 5 rings (SSSR count). The van der Waals surface area contributed by atoms with Crippen molar-refractivity contribution in [2.75, 3.05) is 6.79 Å². The molecule has 2 aromatic rings. The Balaban J connectivity index is 1.24. The zero-order valence-corrected chi connectivity index (χ0v) is 15.3. The van der Waals surface area contributed by atoms with Crippen LogP contribution in [0.4, 0.5) is 0 Å². The first kappa shape index (κ1) is 16.1. The predicted octanol–water partition coefficient (Wildman–Crippen LogP) is 3.40. The van der Waals surface area contributed by atoms with Crippen LogP contribution in [-0.4, -0.2) is 35.7 Å². The first-order valence-electron chi connectivity index (χ1n) is 9.25. The van der Waals surface area contributed by atoms with Crippen LogP contribution in [0.15, 0.2) is 35.7 Å². The minimum Gasteiger partial charge on any atom is -0.454 e. The first-order valence-corrected chi connectivity index (χ1v) is 10.1. The van der Waals surface area contributed by atoms with Crippen molar-refractivity contribution < 1.29 is 14.3 Å². The van der Waals surface area contributed by atoms with Crippen LogP contribution in [-0.2, 0) is 6.54 Å². The lowest BCUT2D eigenvalue weighted by molar-refractivity contribution is 0.0831. The number of nitrogens with zero attached hydrogens (tertiary/aromatic N) is 1. The van der Waals surface area contributed by atoms with Gasteiger partial charge in [-0.05, 0) is 54.8 Å². The summed E-state index contributed by atoms with van der Waals surface area (Å²) in [6, 6.07) is 11.5. The van der Waals surface area contributed by atoms with Crippen LogP contribution in [0.5, 0.6) is 11.5 Å². The van der Waals surface area contributed by atoms with E-state index >= 15 is 0 Å². The van der Waals surface area contributed by atoms with Crippen molar-refractivity contribution in [3.63, 3.8) is 0 Å². The molecule has 1 aromatic heterocycles. The largest absolute Gasteiger partial charge is 0.454 e. The zero-order chi connectivity index (χ0) is 17.5. The van der Waals surface area contributed by atoms with Gasteiger partial charge in [-0.3, -0.25) is 9.69 Å². The van der Waals surface area contributed by atoms with Crippen LogP contribution >= 0.6 is 11.3 Å². The van der Waals surface area contributed by atoms with E-state index in [0.717, 1.165) is 35.8 Å². The molecular formula is C20H22N2O3S. The van der Waals surface area contributed by atoms with Crippen molar-refractivity contribution in [1.82, 2.24) is 10.2 Å². The third kappa shape index (κ3) is 2.97. The molecule has 1 amide bonds. The Morgan fingerprint density at radius 3 is 2.73 bits per heavy atom. The van der Waals surface area contributed by atoms with Crippen LogP contribution in [0.3, 0.4) is 0 Å². The number of piperidine rings is 1. The molecule has 0 aliphatic carbocycles. The van der Waals surface area contributed by atoms with Crippen LogP contribution in [0, 0.1) is 0 Å². The van der Waals surface area contributed by atoms with E-state index in [1.165, 1.54) is 29.7 Å². The van der Waals surface area contributed by atoms with Crippen molar-refractivity contribution in [3.8, 4) is 11.5 Å². The molecule has 3 aliphatic heterocycles. The summed E-state index contributed by atoms with van der Waals surface area (Å²) >= 11 is 1.50. The van der Waals surface area contributed by atoms with Crippen LogP contribution < -0.4 is 14.8 Å². The highest BCUT2D eigenvalue weighted by atomic mass is 32.1. The molecule has 0 saturated carbocycles. The standard InChI is InChI=1S/C20H22N2O3S/c23-20(19-2-1-7-26-19)21-14-9-15-4-5-16(10-14)22(15)11-13-3-6-17-18(8-13)25-12-24-17/h1-3,6-8,14-16H,4-5,9-12H2,(H,21,23). The predicted molar refractivity (Wildman–Crippen MR) is 99.7 cm³/mol. The number of fused-ring (bicyclic) bond motifs is 3. The lowest BCUT2D eigenvalue weighted by atomic mass is 9.96. The molecule has 3 aliphatic rings. The van der Waals surface area contributed by atoms with E-state index in [-0.39, 0.29) is 11.9 Å². The van der Waals surface area contributed by atoms with E-state index in [0.29, 0.717) is 18.9 Å². The van der Waals surface area contributed by atoms with Gasteiger partial charge < -0.3 is 14.8 Å². The molecule has 1 N–H and O–H groups in total. The number of ether oxygens (including phenoxy) is 2. The molecule has 26 heavy (non-hydrogen) atoms. The van der Waals surface area contributed by atoms with Gasteiger partial charge in [0.25, 0.3) is 5.91 Å². The van der Waals surface area contributed by atoms with E-state index in [4.69, 9.17) is 9.47 Å². The summed E-state index contributed by atoms with van der Waals surface area (Å²) in [5.41, 5.74) is 1.27. The fourth-order valence-electron chi connectivity index (χ4n) is 4.56. The number of amides is 1. The number of benzene rings is 1. The molecule has 2 fully saturated rings. The average molecular weight is 370 g/mol. The molecule has 0 spiro atoms. The second-order valence-corrected chi connectivity index (χ2v) is 8.31. The van der Waals surface area contributed by atoms with E-state index in [1.54, 1.807) is 0 Å². The first-order chi connectivity index (χ1) is 12.8. The Hall–Kier alpha value is -2.05. The van der Waals surface area contributed by atoms with Crippen molar-refractivity contribution in [2.24, 2.45) is 0 Å². The Bertz CT molecular complexity index is 793. The van der Waals surface area contributed by atoms with Crippen LogP contribution in [0.25, 0.3) is 0 Å². The number of hydrogen-bond donors (Lipinski definition) is 1. The SMILES string of the molecule is O=C(NC1CC2CCC(C1)N2Cc1ccc2c(c1)OCO2)c1cccs1. The van der Waals surface area contributed by atoms with E-state index in [2.05, 4.69) is 22.3 Å². The van der Waals surface area contributed by atoms with Gasteiger partial charge in [0.2, 0.25) is 6.79 Å². The maximum Gasteiger partial charge on any atom is 0.261 e. The van der Waals surface area contributed by atoms with Gasteiger partial charge in [0.15, 0.2) is 11.5 Å². The number of hydrogen-bond acceptors (Lipinski definition) is 5. The summed E-state index contributed by atoms with van der Waals surface area (Å²) in [6.07, 6.45) is 4.53. The number of thiophene rings is 1. The van der Waals surface area contributed by atoms with Crippen molar-refractivity contribution in [3.05, 3.63) is 46.2 Å². The molecule has 136 valence electrons. The summed E-state index contributed by atoms with van der Waals surface area (Å²) < 4.78 is 10.9. The normalized spacial score (nSPS) is 26.8. The number of carbonyl (C=O) groups is 1. The molecule has 2 saturated heterocycles. The molecule has 2 bridgehead atoms. The second-order valence-electron chi connectivity index (χ2n) is 7.36. The monoisotopic (exact) mass is 370 g/mol. The fraction of sp³-hybridized carbons (Fsp3) is 0.450. The average Bonchev–Trinajstić information content (AvgIpc) is 3.36. The smallest absolute Gasteiger partial charge is 0.261 e. The van der Waals surface area contributed by atoms with Crippen molar-refractivity contribution in [1.29, 1.82) is 0 Å². The van der Waals surface area contributed by atoms with Gasteiger partial charge in [-0.2, -0.15) is 0 Å². The molecule has 2 unspecified atom stereocenters. The van der Waals surface area contributed by atoms with Crippen molar-refractivity contribution in [2.45, 2.75) is 50.4 Å². The van der Waals surface area contributed by atoms with Crippen LogP contribution in [0.1, 0.15) is 40.9 Å². The summed E-state index contributed by atoms with van der Waals surface area (Å²) in [5.74, 6) is 1.77. The van der Waals surface area contributed by atoms with E-state index < -0.39 is 0 Å². The highest BCUT2D eigenvalue weighted by Crippen LogP contribution is 2.38. The van der Waals surface area contributed by atoms with Gasteiger partial charge in [-0.25, -0.2) is 0 Å². The maximum atomic E-state index is 12.3. The molecule has 1 aromatic carbocycles. The highest BCUT2D eigenvalue weighted by Gasteiger charge is 2.41. The highest BCUT2D eigenvalue weighted by molar-refractivity contribution is 7.12. The quantitative estimate of drug-likeness (QED) is 0.896. The van der Waals surface area contributed by atoms with E-state index in [9.17, 15) is 4.79 Å². The topological polar surface area (TPSA) is 50.8 Å². The minimum absolute atomic E-state index is 0.0774. The molecule has 2 atom stereocenters. The third-order valence-corrected chi connectivity index (χ3v) is 6.64. The Kier molecular flexibility index (Phi) is 4.10. The Morgan fingerprint density at radius 2 is 1.96 bits per heavy atom. The summed E-state index contributed by atoms with van der Waals surface area (Å²) in [7, 11) is 0. The number of carbonyl (C=O) groups excluding carboxylic acids is 1. The molecule has 6 heteroatoms. The molecule has 5 nitrogen and oxygen atoms in total. The van der Waals surface area contributed by atoms with Gasteiger partial charge in [0.05, 0.1) is 4.88 Å². The zero-order valence-electron chi connectivity index (χ0n) is 14.5. The van der Waals surface area contributed by atoms with Gasteiger partial charge in [-0.15, -0.1) is 11.3 Å². The third-order valence-electron chi connectivity index (χ3n) is 5.77. The van der Waals surface area contributed by atoms with Gasteiger partial charge in [-0.1, -0.05) is 12.1 Å². The Labute approximate surface area is 156 Å². The summed E-state index contributed by atoms with van der Waals surface area (Å²) in [6.45, 7) is 1.26. The maximum absolute atomic E-state index is 12.3. The van der Waals surface area contributed by atoms with Gasteiger partial charge in [0, 0.05) is 24.7 Å². The summed E-state index contributed by atoms with van der Waals surface area (Å²) in [4.78, 5) is 15.8. The molecule has 0 radical (unpaired) electrons. The molecule has 4 heterocycles. The Morgan fingerprint density at radius 1 is 1.15 bits per heavy atom. The van der Waals surface area contributed by atoms with E-state index in [1.807, 2.05) is 23.6 Å².